The molecule has 7 heteroatoms. The number of aliphatic hydroxyl groups is 1. The number of nitrogens with one attached hydrogen (secondary N) is 1. The zero-order valence-corrected chi connectivity index (χ0v) is 7.53. The van der Waals surface area contributed by atoms with Crippen molar-refractivity contribution in [2.45, 2.75) is 0 Å². The normalized spacial score (nSPS) is 11.2. The van der Waals surface area contributed by atoms with Crippen molar-refractivity contribution in [1.29, 1.82) is 0 Å². The van der Waals surface area contributed by atoms with Gasteiger partial charge in [-0.1, -0.05) is 0 Å². The smallest absolute Gasteiger partial charge is 0.236 e. The van der Waals surface area contributed by atoms with Crippen molar-refractivity contribution in [2.75, 3.05) is 17.1 Å². The van der Waals surface area contributed by atoms with Crippen LogP contribution in [0.5, 0.6) is 0 Å². The lowest BCUT2D eigenvalue weighted by molar-refractivity contribution is 0.320. The van der Waals surface area contributed by atoms with Gasteiger partial charge in [0.2, 0.25) is 10.0 Å². The zero-order valence-electron chi connectivity index (χ0n) is 6.71. The molecular formula is C6H9N3O3S. The highest BCUT2D eigenvalue weighted by Gasteiger charge is 2.09. The van der Waals surface area contributed by atoms with Crippen molar-refractivity contribution in [3.05, 3.63) is 18.3 Å². The maximum absolute atomic E-state index is 11.1. The molecule has 1 heterocycles. The fraction of sp³-hybridized carbons (Fsp3) is 0.333. The molecule has 1 aromatic rings. The Morgan fingerprint density at radius 3 is 2.85 bits per heavy atom. The number of sulfonamides is 1. The van der Waals surface area contributed by atoms with Gasteiger partial charge >= 0.3 is 0 Å². The van der Waals surface area contributed by atoms with Crippen LogP contribution in [0.15, 0.2) is 18.3 Å². The molecule has 0 spiro atoms. The van der Waals surface area contributed by atoms with E-state index in [1.54, 1.807) is 6.07 Å². The van der Waals surface area contributed by atoms with E-state index in [0.717, 1.165) is 0 Å². The molecule has 0 aliphatic heterocycles. The summed E-state index contributed by atoms with van der Waals surface area (Å²) in [7, 11) is -3.49. The molecule has 0 fully saturated rings. The Balaban J connectivity index is 2.70. The number of aliphatic hydroxyl groups excluding tert-OH is 1. The molecule has 1 rings (SSSR count). The Morgan fingerprint density at radius 2 is 2.31 bits per heavy atom. The van der Waals surface area contributed by atoms with Gasteiger partial charge in [-0.15, -0.1) is 5.10 Å². The third-order valence-electron chi connectivity index (χ3n) is 1.19. The number of anilines is 1. The predicted octanol–water partition coefficient (Wildman–Crippen LogP) is -0.789. The van der Waals surface area contributed by atoms with Gasteiger partial charge in [-0.2, -0.15) is 5.10 Å². The van der Waals surface area contributed by atoms with E-state index < -0.39 is 16.6 Å². The topological polar surface area (TPSA) is 92.2 Å². The van der Waals surface area contributed by atoms with Crippen molar-refractivity contribution in [2.24, 2.45) is 0 Å². The Morgan fingerprint density at radius 1 is 1.54 bits per heavy atom. The molecule has 0 bridgehead atoms. The zero-order chi connectivity index (χ0) is 9.73. The van der Waals surface area contributed by atoms with Crippen LogP contribution in [0.1, 0.15) is 0 Å². The van der Waals surface area contributed by atoms with E-state index in [2.05, 4.69) is 14.9 Å². The Bertz CT molecular complexity index is 351. The number of nitrogens with zero attached hydrogens (tertiary/aromatic N) is 2. The number of hydrogen-bond donors (Lipinski definition) is 2. The van der Waals surface area contributed by atoms with Crippen molar-refractivity contribution < 1.29 is 13.5 Å². The first-order chi connectivity index (χ1) is 6.14. The summed E-state index contributed by atoms with van der Waals surface area (Å²) in [5.74, 6) is -0.195. The van der Waals surface area contributed by atoms with Crippen LogP contribution in [0.25, 0.3) is 0 Å². The molecule has 0 aromatic carbocycles. The van der Waals surface area contributed by atoms with E-state index in [0.29, 0.717) is 0 Å². The molecule has 0 saturated heterocycles. The molecule has 0 atom stereocenters. The minimum absolute atomic E-state index is 0.149. The summed E-state index contributed by atoms with van der Waals surface area (Å²) in [5, 5.41) is 15.4. The van der Waals surface area contributed by atoms with Gasteiger partial charge in [0.05, 0.1) is 12.4 Å². The molecule has 0 aliphatic carbocycles. The van der Waals surface area contributed by atoms with Gasteiger partial charge in [0.1, 0.15) is 0 Å². The second-order valence-electron chi connectivity index (χ2n) is 2.25. The monoisotopic (exact) mass is 203 g/mol. The van der Waals surface area contributed by atoms with Crippen LogP contribution < -0.4 is 4.72 Å². The van der Waals surface area contributed by atoms with Crippen LogP contribution in [0.2, 0.25) is 0 Å². The molecule has 0 unspecified atom stereocenters. The van der Waals surface area contributed by atoms with Crippen molar-refractivity contribution >= 4 is 15.8 Å². The molecule has 0 radical (unpaired) electrons. The molecular weight excluding hydrogens is 194 g/mol. The highest BCUT2D eigenvalue weighted by molar-refractivity contribution is 7.92. The summed E-state index contributed by atoms with van der Waals surface area (Å²) in [6.07, 6.45) is 1.43. The first-order valence-electron chi connectivity index (χ1n) is 3.53. The maximum atomic E-state index is 11.1. The van der Waals surface area contributed by atoms with Gasteiger partial charge in [0.15, 0.2) is 5.82 Å². The van der Waals surface area contributed by atoms with Gasteiger partial charge in [0, 0.05) is 6.20 Å². The van der Waals surface area contributed by atoms with E-state index in [9.17, 15) is 8.42 Å². The van der Waals surface area contributed by atoms with Crippen LogP contribution in [-0.4, -0.2) is 36.1 Å². The second-order valence-corrected chi connectivity index (χ2v) is 4.10. The minimum atomic E-state index is -3.49. The van der Waals surface area contributed by atoms with Crippen LogP contribution in [0.4, 0.5) is 5.82 Å². The average Bonchev–Trinajstić information content (AvgIpc) is 2.04. The average molecular weight is 203 g/mol. The van der Waals surface area contributed by atoms with Gasteiger partial charge < -0.3 is 5.11 Å². The summed E-state index contributed by atoms with van der Waals surface area (Å²) < 4.78 is 24.3. The van der Waals surface area contributed by atoms with Gasteiger partial charge in [-0.25, -0.2) is 8.42 Å². The lowest BCUT2D eigenvalue weighted by Gasteiger charge is -2.03. The summed E-state index contributed by atoms with van der Waals surface area (Å²) in [6, 6.07) is 3.03. The van der Waals surface area contributed by atoms with E-state index in [1.165, 1.54) is 12.3 Å². The number of aromatic nitrogens is 2. The number of rotatable bonds is 4. The summed E-state index contributed by atoms with van der Waals surface area (Å²) in [6.45, 7) is -0.421. The fourth-order valence-corrected chi connectivity index (χ4v) is 1.46. The summed E-state index contributed by atoms with van der Waals surface area (Å²) in [4.78, 5) is 0. The molecule has 1 aromatic heterocycles. The quantitative estimate of drug-likeness (QED) is 0.669. The molecule has 0 amide bonds. The molecule has 13 heavy (non-hydrogen) atoms. The predicted molar refractivity (Wildman–Crippen MR) is 46.5 cm³/mol. The van der Waals surface area contributed by atoms with Gasteiger partial charge in [-0.05, 0) is 12.1 Å². The van der Waals surface area contributed by atoms with Crippen LogP contribution in [0, 0.1) is 0 Å². The van der Waals surface area contributed by atoms with Gasteiger partial charge in [-0.3, -0.25) is 4.72 Å². The Hall–Kier alpha value is -1.21. The first-order valence-corrected chi connectivity index (χ1v) is 5.18. The Kier molecular flexibility index (Phi) is 3.15. The van der Waals surface area contributed by atoms with E-state index >= 15 is 0 Å². The lowest BCUT2D eigenvalue weighted by Crippen LogP contribution is -2.19. The van der Waals surface area contributed by atoms with E-state index in [-0.39, 0.29) is 11.6 Å². The summed E-state index contributed by atoms with van der Waals surface area (Å²) in [5.41, 5.74) is 0. The molecule has 0 aliphatic rings. The second kappa shape index (κ2) is 4.15. The van der Waals surface area contributed by atoms with Crippen LogP contribution >= 0.6 is 0 Å². The minimum Gasteiger partial charge on any atom is -0.395 e. The SMILES string of the molecule is O=S(=O)(CCO)Nc1cccnn1. The van der Waals surface area contributed by atoms with Crippen molar-refractivity contribution in [3.8, 4) is 0 Å². The third-order valence-corrected chi connectivity index (χ3v) is 2.43. The standard InChI is InChI=1S/C6H9N3O3S/c10-4-5-13(11,12)9-6-2-1-3-7-8-6/h1-3,10H,4-5H2,(H,8,9). The maximum Gasteiger partial charge on any atom is 0.236 e. The molecule has 0 saturated carbocycles. The number of hydrogen-bond acceptors (Lipinski definition) is 5. The highest BCUT2D eigenvalue weighted by Crippen LogP contribution is 2.01. The molecule has 6 nitrogen and oxygen atoms in total. The Labute approximate surface area is 75.7 Å². The van der Waals surface area contributed by atoms with E-state index in [1.807, 2.05) is 0 Å². The molecule has 72 valence electrons. The molecule has 2 N–H and O–H groups in total. The van der Waals surface area contributed by atoms with Crippen molar-refractivity contribution in [3.63, 3.8) is 0 Å². The fourth-order valence-electron chi connectivity index (χ4n) is 0.687. The van der Waals surface area contributed by atoms with Crippen LogP contribution in [-0.2, 0) is 10.0 Å². The highest BCUT2D eigenvalue weighted by atomic mass is 32.2. The first kappa shape index (κ1) is 9.87. The van der Waals surface area contributed by atoms with E-state index in [4.69, 9.17) is 5.11 Å². The van der Waals surface area contributed by atoms with Crippen molar-refractivity contribution in [1.82, 2.24) is 10.2 Å². The van der Waals surface area contributed by atoms with Crippen LogP contribution in [0.3, 0.4) is 0 Å². The van der Waals surface area contributed by atoms with Gasteiger partial charge in [0.25, 0.3) is 0 Å². The summed E-state index contributed by atoms with van der Waals surface area (Å²) >= 11 is 0. The largest absolute Gasteiger partial charge is 0.395 e. The lowest BCUT2D eigenvalue weighted by atomic mass is 10.6. The third kappa shape index (κ3) is 3.34.